The molecule has 0 saturated carbocycles. The van der Waals surface area contributed by atoms with E-state index < -0.39 is 17.7 Å². The first-order valence-electron chi connectivity index (χ1n) is 11.4. The van der Waals surface area contributed by atoms with Crippen LogP contribution in [0.25, 0.3) is 0 Å². The molecule has 3 aromatic rings. The molecule has 1 N–H and O–H groups in total. The van der Waals surface area contributed by atoms with E-state index in [1.807, 2.05) is 25.1 Å². The lowest BCUT2D eigenvalue weighted by atomic mass is 10.1. The fourth-order valence-electron chi connectivity index (χ4n) is 3.75. The zero-order valence-corrected chi connectivity index (χ0v) is 20.2. The zero-order chi connectivity index (χ0) is 25.8. The van der Waals surface area contributed by atoms with Gasteiger partial charge in [0, 0.05) is 24.3 Å². The van der Waals surface area contributed by atoms with Crippen LogP contribution in [0.4, 0.5) is 19.3 Å². The van der Waals surface area contributed by atoms with E-state index in [4.69, 9.17) is 13.9 Å². The number of benzene rings is 2. The molecule has 8 nitrogen and oxygen atoms in total. The number of nitrogens with one attached hydrogen (secondary N) is 1. The number of carbonyl (C=O) groups excluding carboxylic acids is 2. The molecule has 0 radical (unpaired) electrons. The van der Waals surface area contributed by atoms with Crippen LogP contribution in [0.15, 0.2) is 52.9 Å². The Kier molecular flexibility index (Phi) is 7.42. The van der Waals surface area contributed by atoms with Gasteiger partial charge in [0.05, 0.1) is 6.54 Å². The zero-order valence-electron chi connectivity index (χ0n) is 20.2. The number of furan rings is 1. The van der Waals surface area contributed by atoms with Gasteiger partial charge in [-0.25, -0.2) is 13.6 Å². The monoisotopic (exact) mass is 499 g/mol. The molecule has 0 fully saturated rings. The van der Waals surface area contributed by atoms with Crippen LogP contribution in [-0.2, 0) is 17.9 Å². The van der Waals surface area contributed by atoms with Crippen LogP contribution in [0.2, 0.25) is 0 Å². The SMILES string of the molecule is Cc1ccc(CN(Cc2ccc3c(c2)OCO3)C(=O)CN(C(=O)Nc2ccc(F)c(F)c2)C(C)C)o1. The average molecular weight is 500 g/mol. The normalized spacial score (nSPS) is 12.1. The van der Waals surface area contributed by atoms with Crippen molar-refractivity contribution in [3.8, 4) is 11.5 Å². The van der Waals surface area contributed by atoms with Crippen LogP contribution < -0.4 is 14.8 Å². The Morgan fingerprint density at radius 1 is 0.972 bits per heavy atom. The van der Waals surface area contributed by atoms with Gasteiger partial charge in [0.1, 0.15) is 18.1 Å². The van der Waals surface area contributed by atoms with Gasteiger partial charge in [-0.2, -0.15) is 0 Å². The molecule has 0 bridgehead atoms. The topological polar surface area (TPSA) is 84.2 Å². The van der Waals surface area contributed by atoms with Crippen molar-refractivity contribution in [3.63, 3.8) is 0 Å². The first-order valence-corrected chi connectivity index (χ1v) is 11.4. The number of fused-ring (bicyclic) bond motifs is 1. The maximum absolute atomic E-state index is 13.6. The molecule has 1 aliphatic heterocycles. The van der Waals surface area contributed by atoms with Crippen molar-refractivity contribution in [1.29, 1.82) is 0 Å². The van der Waals surface area contributed by atoms with E-state index in [-0.39, 0.29) is 44.1 Å². The van der Waals surface area contributed by atoms with Crippen LogP contribution in [0, 0.1) is 18.6 Å². The third-order valence-electron chi connectivity index (χ3n) is 5.67. The minimum absolute atomic E-state index is 0.0836. The standard InChI is InChI=1S/C26H27F2N3O5/c1-16(2)31(26(33)29-19-6-8-21(27)22(28)11-19)14-25(32)30(13-20-7-4-17(3)36-20)12-18-5-9-23-24(10-18)35-15-34-23/h4-11,16H,12-15H2,1-3H3,(H,29,33). The molecular formula is C26H27F2N3O5. The Balaban J connectivity index is 1.51. The Morgan fingerprint density at radius 2 is 1.75 bits per heavy atom. The van der Waals surface area contributed by atoms with Crippen molar-refractivity contribution in [1.82, 2.24) is 9.80 Å². The second kappa shape index (κ2) is 10.7. The van der Waals surface area contributed by atoms with Crippen molar-refractivity contribution in [2.24, 2.45) is 0 Å². The van der Waals surface area contributed by atoms with Crippen LogP contribution in [-0.4, -0.2) is 41.1 Å². The lowest BCUT2D eigenvalue weighted by Gasteiger charge is -2.30. The highest BCUT2D eigenvalue weighted by Gasteiger charge is 2.25. The van der Waals surface area contributed by atoms with Gasteiger partial charge in [-0.15, -0.1) is 0 Å². The highest BCUT2D eigenvalue weighted by molar-refractivity contribution is 5.92. The van der Waals surface area contributed by atoms with E-state index >= 15 is 0 Å². The van der Waals surface area contributed by atoms with Gasteiger partial charge in [-0.05, 0) is 62.7 Å². The number of hydrogen-bond donors (Lipinski definition) is 1. The summed E-state index contributed by atoms with van der Waals surface area (Å²) in [6.45, 7) is 5.67. The predicted molar refractivity (Wildman–Crippen MR) is 127 cm³/mol. The second-order valence-corrected chi connectivity index (χ2v) is 8.73. The lowest BCUT2D eigenvalue weighted by molar-refractivity contribution is -0.133. The van der Waals surface area contributed by atoms with Crippen molar-refractivity contribution >= 4 is 17.6 Å². The summed E-state index contributed by atoms with van der Waals surface area (Å²) in [5.41, 5.74) is 0.901. The molecule has 36 heavy (non-hydrogen) atoms. The van der Waals surface area contributed by atoms with E-state index in [9.17, 15) is 18.4 Å². The fraction of sp³-hybridized carbons (Fsp3) is 0.308. The molecule has 0 spiro atoms. The quantitative estimate of drug-likeness (QED) is 0.468. The number of ether oxygens (including phenoxy) is 2. The largest absolute Gasteiger partial charge is 0.464 e. The molecule has 2 heterocycles. The van der Waals surface area contributed by atoms with Gasteiger partial charge >= 0.3 is 6.03 Å². The summed E-state index contributed by atoms with van der Waals surface area (Å²) >= 11 is 0. The Hall–Kier alpha value is -4.08. The van der Waals surface area contributed by atoms with E-state index in [2.05, 4.69) is 5.32 Å². The van der Waals surface area contributed by atoms with Crippen LogP contribution in [0.3, 0.4) is 0 Å². The third kappa shape index (κ3) is 5.94. The highest BCUT2D eigenvalue weighted by atomic mass is 19.2. The van der Waals surface area contributed by atoms with E-state index in [0.717, 1.165) is 23.5 Å². The molecule has 190 valence electrons. The number of rotatable bonds is 8. The third-order valence-corrected chi connectivity index (χ3v) is 5.67. The van der Waals surface area contributed by atoms with Crippen LogP contribution >= 0.6 is 0 Å². The van der Waals surface area contributed by atoms with E-state index in [1.54, 1.807) is 30.9 Å². The molecular weight excluding hydrogens is 472 g/mol. The number of aryl methyl sites for hydroxylation is 1. The lowest BCUT2D eigenvalue weighted by Crippen LogP contribution is -2.47. The maximum Gasteiger partial charge on any atom is 0.322 e. The summed E-state index contributed by atoms with van der Waals surface area (Å²) in [4.78, 5) is 29.3. The fourth-order valence-corrected chi connectivity index (χ4v) is 3.75. The minimum Gasteiger partial charge on any atom is -0.464 e. The summed E-state index contributed by atoms with van der Waals surface area (Å²) in [6.07, 6.45) is 0. The first kappa shape index (κ1) is 25.0. The van der Waals surface area contributed by atoms with Gasteiger partial charge in [0.2, 0.25) is 12.7 Å². The number of anilines is 1. The number of hydrogen-bond acceptors (Lipinski definition) is 5. The molecule has 0 aliphatic carbocycles. The molecule has 1 aromatic heterocycles. The van der Waals surface area contributed by atoms with Crippen molar-refractivity contribution in [2.45, 2.75) is 39.9 Å². The molecule has 2 aromatic carbocycles. The molecule has 1 aliphatic rings. The number of urea groups is 1. The molecule has 0 saturated heterocycles. The Morgan fingerprint density at radius 3 is 2.44 bits per heavy atom. The second-order valence-electron chi connectivity index (χ2n) is 8.73. The highest BCUT2D eigenvalue weighted by Crippen LogP contribution is 2.33. The molecule has 4 rings (SSSR count). The van der Waals surface area contributed by atoms with Gasteiger partial charge in [-0.3, -0.25) is 4.79 Å². The molecule has 0 atom stereocenters. The Labute approximate surface area is 207 Å². The molecule has 0 unspecified atom stereocenters. The first-order chi connectivity index (χ1) is 17.2. The van der Waals surface area contributed by atoms with E-state index in [1.165, 1.54) is 11.0 Å². The van der Waals surface area contributed by atoms with Crippen LogP contribution in [0.5, 0.6) is 11.5 Å². The van der Waals surface area contributed by atoms with Crippen molar-refractivity contribution < 1.29 is 32.3 Å². The van der Waals surface area contributed by atoms with Crippen LogP contribution in [0.1, 0.15) is 30.9 Å². The predicted octanol–water partition coefficient (Wildman–Crippen LogP) is 5.07. The Bertz CT molecular complexity index is 1260. The molecule has 3 amide bonds. The number of halogens is 2. The van der Waals surface area contributed by atoms with Gasteiger partial charge in [0.25, 0.3) is 0 Å². The summed E-state index contributed by atoms with van der Waals surface area (Å²) in [6, 6.07) is 11.2. The summed E-state index contributed by atoms with van der Waals surface area (Å²) in [5, 5.41) is 2.53. The summed E-state index contributed by atoms with van der Waals surface area (Å²) in [5.74, 6) is 0.136. The number of nitrogens with zero attached hydrogens (tertiary/aromatic N) is 2. The van der Waals surface area contributed by atoms with Crippen molar-refractivity contribution in [2.75, 3.05) is 18.7 Å². The smallest absolute Gasteiger partial charge is 0.322 e. The van der Waals surface area contributed by atoms with Gasteiger partial charge in [0.15, 0.2) is 23.1 Å². The molecule has 10 heteroatoms. The van der Waals surface area contributed by atoms with Gasteiger partial charge < -0.3 is 29.0 Å². The van der Waals surface area contributed by atoms with Crippen molar-refractivity contribution in [3.05, 3.63) is 77.2 Å². The summed E-state index contributed by atoms with van der Waals surface area (Å²) < 4.78 is 43.3. The maximum atomic E-state index is 13.6. The summed E-state index contributed by atoms with van der Waals surface area (Å²) in [7, 11) is 0. The number of carbonyl (C=O) groups is 2. The minimum atomic E-state index is -1.08. The average Bonchev–Trinajstić information content (AvgIpc) is 3.47. The number of amides is 3. The van der Waals surface area contributed by atoms with Gasteiger partial charge in [-0.1, -0.05) is 6.07 Å². The van der Waals surface area contributed by atoms with E-state index in [0.29, 0.717) is 17.3 Å².